The summed E-state index contributed by atoms with van der Waals surface area (Å²) in [7, 11) is 1.19. The minimum atomic E-state index is -0.356. The minimum Gasteiger partial charge on any atom is -0.496 e. The number of methoxy groups -OCH3 is 1. The molecular weight excluding hydrogens is 246 g/mol. The molecule has 0 atom stereocenters. The van der Waals surface area contributed by atoms with E-state index in [2.05, 4.69) is 0 Å². The highest BCUT2D eigenvalue weighted by molar-refractivity contribution is 6.45. The van der Waals surface area contributed by atoms with Crippen LogP contribution in [0, 0.1) is 5.82 Å². The van der Waals surface area contributed by atoms with Gasteiger partial charge in [-0.15, -0.1) is 0 Å². The average molecular weight is 266 g/mol. The molecule has 1 fully saturated rings. The van der Waals surface area contributed by atoms with Crippen molar-refractivity contribution in [2.45, 2.75) is 45.2 Å². The molecule has 0 aromatic heterocycles. The van der Waals surface area contributed by atoms with Gasteiger partial charge < -0.3 is 14.0 Å². The van der Waals surface area contributed by atoms with E-state index in [0.29, 0.717) is 12.1 Å². The van der Waals surface area contributed by atoms with Crippen LogP contribution in [0.1, 0.15) is 33.3 Å². The number of halogens is 1. The van der Waals surface area contributed by atoms with Crippen LogP contribution in [0.2, 0.25) is 0 Å². The van der Waals surface area contributed by atoms with Gasteiger partial charge >= 0.3 is 7.12 Å². The first-order valence-electron chi connectivity index (χ1n) is 6.43. The molecule has 1 saturated heterocycles. The third-order valence-electron chi connectivity index (χ3n) is 3.94. The molecule has 0 radical (unpaired) electrons. The monoisotopic (exact) mass is 266 g/mol. The van der Waals surface area contributed by atoms with Crippen LogP contribution in [-0.2, 0) is 15.6 Å². The fourth-order valence-electron chi connectivity index (χ4n) is 2.12. The minimum absolute atomic E-state index is 0.311. The van der Waals surface area contributed by atoms with Crippen molar-refractivity contribution in [1.82, 2.24) is 0 Å². The summed E-state index contributed by atoms with van der Waals surface area (Å²) < 4.78 is 30.2. The zero-order chi connectivity index (χ0) is 14.3. The van der Waals surface area contributed by atoms with Gasteiger partial charge in [-0.05, 0) is 39.3 Å². The van der Waals surface area contributed by atoms with E-state index in [1.807, 2.05) is 27.7 Å². The number of ether oxygens (including phenoxy) is 1. The lowest BCUT2D eigenvalue weighted by Crippen LogP contribution is -2.41. The van der Waals surface area contributed by atoms with Crippen LogP contribution >= 0.6 is 0 Å². The van der Waals surface area contributed by atoms with E-state index in [9.17, 15) is 4.39 Å². The van der Waals surface area contributed by atoms with Crippen molar-refractivity contribution in [3.8, 4) is 5.75 Å². The summed E-state index contributed by atoms with van der Waals surface area (Å²) in [5.74, 6) is 0.212. The van der Waals surface area contributed by atoms with E-state index in [1.54, 1.807) is 6.07 Å². The second kappa shape index (κ2) is 4.80. The Labute approximate surface area is 114 Å². The van der Waals surface area contributed by atoms with E-state index in [4.69, 9.17) is 14.0 Å². The number of rotatable bonds is 3. The molecule has 1 heterocycles. The van der Waals surface area contributed by atoms with Gasteiger partial charge in [0.1, 0.15) is 11.6 Å². The number of benzene rings is 1. The highest BCUT2D eigenvalue weighted by Gasteiger charge is 2.50. The van der Waals surface area contributed by atoms with Crippen molar-refractivity contribution in [3.63, 3.8) is 0 Å². The Morgan fingerprint density at radius 1 is 1.16 bits per heavy atom. The molecular formula is C14H20BFO3. The smallest absolute Gasteiger partial charge is 0.462 e. The van der Waals surface area contributed by atoms with E-state index in [-0.39, 0.29) is 24.1 Å². The Morgan fingerprint density at radius 2 is 1.74 bits per heavy atom. The average Bonchev–Trinajstić information content (AvgIpc) is 2.49. The second-order valence-corrected chi connectivity index (χ2v) is 5.85. The van der Waals surface area contributed by atoms with Gasteiger partial charge in [0.25, 0.3) is 0 Å². The van der Waals surface area contributed by atoms with Gasteiger partial charge in [0.2, 0.25) is 0 Å². The highest BCUT2D eigenvalue weighted by Crippen LogP contribution is 2.38. The molecule has 0 saturated carbocycles. The van der Waals surface area contributed by atoms with Crippen LogP contribution in [0.15, 0.2) is 18.2 Å². The normalized spacial score (nSPS) is 20.6. The maximum Gasteiger partial charge on any atom is 0.462 e. The molecule has 2 rings (SSSR count). The third-order valence-corrected chi connectivity index (χ3v) is 3.94. The summed E-state index contributed by atoms with van der Waals surface area (Å²) >= 11 is 0. The van der Waals surface area contributed by atoms with Gasteiger partial charge in [-0.25, -0.2) is 4.39 Å². The highest BCUT2D eigenvalue weighted by atomic mass is 19.1. The molecule has 19 heavy (non-hydrogen) atoms. The molecule has 0 bridgehead atoms. The fourth-order valence-corrected chi connectivity index (χ4v) is 2.12. The molecule has 1 aliphatic heterocycles. The zero-order valence-corrected chi connectivity index (χ0v) is 12.1. The number of hydrogen-bond donors (Lipinski definition) is 0. The van der Waals surface area contributed by atoms with Crippen molar-refractivity contribution in [2.24, 2.45) is 0 Å². The molecule has 0 aliphatic carbocycles. The van der Waals surface area contributed by atoms with Crippen LogP contribution in [0.4, 0.5) is 4.39 Å². The summed E-state index contributed by atoms with van der Waals surface area (Å²) in [5, 5.41) is 0. The van der Waals surface area contributed by atoms with Gasteiger partial charge in [0.15, 0.2) is 0 Å². The third kappa shape index (κ3) is 2.77. The molecule has 5 heteroatoms. The predicted octanol–water partition coefficient (Wildman–Crippen LogP) is 3.01. The maximum absolute atomic E-state index is 13.2. The maximum atomic E-state index is 13.2. The lowest BCUT2D eigenvalue weighted by molar-refractivity contribution is 0.00578. The zero-order valence-electron chi connectivity index (χ0n) is 12.1. The van der Waals surface area contributed by atoms with Crippen molar-refractivity contribution >= 4 is 7.12 Å². The summed E-state index contributed by atoms with van der Waals surface area (Å²) in [5.41, 5.74) is 0.165. The molecule has 1 aliphatic rings. The Bertz CT molecular complexity index is 458. The Kier molecular flexibility index (Phi) is 3.62. The van der Waals surface area contributed by atoms with E-state index < -0.39 is 0 Å². The van der Waals surface area contributed by atoms with E-state index in [0.717, 1.165) is 5.56 Å². The van der Waals surface area contributed by atoms with E-state index in [1.165, 1.54) is 19.2 Å². The molecule has 1 aromatic carbocycles. The van der Waals surface area contributed by atoms with Crippen LogP contribution in [0.25, 0.3) is 0 Å². The molecule has 104 valence electrons. The van der Waals surface area contributed by atoms with Crippen molar-refractivity contribution in [3.05, 3.63) is 29.6 Å². The topological polar surface area (TPSA) is 27.7 Å². The first-order chi connectivity index (χ1) is 8.75. The second-order valence-electron chi connectivity index (χ2n) is 5.85. The lowest BCUT2D eigenvalue weighted by Gasteiger charge is -2.32. The first kappa shape index (κ1) is 14.3. The Balaban J connectivity index is 2.16. The molecule has 0 spiro atoms. The van der Waals surface area contributed by atoms with Gasteiger partial charge in [-0.2, -0.15) is 0 Å². The van der Waals surface area contributed by atoms with Crippen molar-refractivity contribution in [2.75, 3.05) is 7.11 Å². The summed E-state index contributed by atoms with van der Waals surface area (Å²) in [6.45, 7) is 8.04. The Hall–Kier alpha value is -1.07. The van der Waals surface area contributed by atoms with Crippen LogP contribution in [-0.4, -0.2) is 25.4 Å². The van der Waals surface area contributed by atoms with Crippen molar-refractivity contribution in [1.29, 1.82) is 0 Å². The van der Waals surface area contributed by atoms with Crippen LogP contribution in [0.5, 0.6) is 5.75 Å². The van der Waals surface area contributed by atoms with Gasteiger partial charge in [-0.3, -0.25) is 0 Å². The SMILES string of the molecule is COc1cc(F)ccc1CB1OC(C)(C)C(C)(C)O1. The lowest BCUT2D eigenvalue weighted by atomic mass is 9.80. The van der Waals surface area contributed by atoms with E-state index >= 15 is 0 Å². The first-order valence-corrected chi connectivity index (χ1v) is 6.43. The summed E-state index contributed by atoms with van der Waals surface area (Å²) in [6.07, 6.45) is 0.538. The summed E-state index contributed by atoms with van der Waals surface area (Å²) in [6, 6.07) is 4.50. The molecule has 3 nitrogen and oxygen atoms in total. The van der Waals surface area contributed by atoms with Gasteiger partial charge in [0.05, 0.1) is 18.3 Å². The van der Waals surface area contributed by atoms with Crippen molar-refractivity contribution < 1.29 is 18.4 Å². The van der Waals surface area contributed by atoms with Gasteiger partial charge in [-0.1, -0.05) is 6.07 Å². The molecule has 0 unspecified atom stereocenters. The molecule has 0 amide bonds. The fraction of sp³-hybridized carbons (Fsp3) is 0.571. The Morgan fingerprint density at radius 3 is 2.26 bits per heavy atom. The predicted molar refractivity (Wildman–Crippen MR) is 72.7 cm³/mol. The van der Waals surface area contributed by atoms with Gasteiger partial charge in [0, 0.05) is 12.4 Å². The largest absolute Gasteiger partial charge is 0.496 e. The van der Waals surface area contributed by atoms with Crippen LogP contribution in [0.3, 0.4) is 0 Å². The molecule has 0 N–H and O–H groups in total. The molecule has 1 aromatic rings. The van der Waals surface area contributed by atoms with Crippen LogP contribution < -0.4 is 4.74 Å². The standard InChI is InChI=1S/C14H20BFO3/c1-13(2)14(3,4)19-15(18-13)9-10-6-7-11(16)8-12(10)17-5/h6-8H,9H2,1-5H3. The quantitative estimate of drug-likeness (QED) is 0.787. The summed E-state index contributed by atoms with van der Waals surface area (Å²) in [4.78, 5) is 0. The number of hydrogen-bond acceptors (Lipinski definition) is 3.